The summed E-state index contributed by atoms with van der Waals surface area (Å²) in [5, 5.41) is 11.6. The van der Waals surface area contributed by atoms with Crippen LogP contribution in [0, 0.1) is 11.3 Å². The Hall–Kier alpha value is -2.59. The molecule has 0 aliphatic heterocycles. The Morgan fingerprint density at radius 2 is 1.42 bits per heavy atom. The second kappa shape index (κ2) is 4.96. The fourth-order valence-corrected chi connectivity index (χ4v) is 2.35. The van der Waals surface area contributed by atoms with Crippen LogP contribution in [-0.2, 0) is 6.42 Å². The van der Waals surface area contributed by atoms with Gasteiger partial charge in [0.2, 0.25) is 0 Å². The van der Waals surface area contributed by atoms with Gasteiger partial charge in [0.25, 0.3) is 0 Å². The largest absolute Gasteiger partial charge is 0.192 e. The summed E-state index contributed by atoms with van der Waals surface area (Å²) < 4.78 is 0. The zero-order chi connectivity index (χ0) is 13.1. The van der Waals surface area contributed by atoms with Gasteiger partial charge in [0.05, 0.1) is 11.6 Å². The van der Waals surface area contributed by atoms with Crippen LogP contribution in [0.4, 0.5) is 0 Å². The first kappa shape index (κ1) is 11.5. The number of nitrogens with zero attached hydrogens (tertiary/aromatic N) is 1. The summed E-state index contributed by atoms with van der Waals surface area (Å²) in [6.07, 6.45) is 0.800. The van der Waals surface area contributed by atoms with Gasteiger partial charge in [-0.3, -0.25) is 0 Å². The molecule has 3 aromatic carbocycles. The van der Waals surface area contributed by atoms with Gasteiger partial charge in [-0.05, 0) is 40.5 Å². The van der Waals surface area contributed by atoms with Crippen molar-refractivity contribution in [1.82, 2.24) is 0 Å². The van der Waals surface area contributed by atoms with Crippen molar-refractivity contribution in [2.45, 2.75) is 6.42 Å². The molecule has 0 spiro atoms. The Bertz CT molecular complexity index is 751. The third kappa shape index (κ3) is 2.34. The van der Waals surface area contributed by atoms with E-state index in [0.29, 0.717) is 0 Å². The van der Waals surface area contributed by atoms with Gasteiger partial charge >= 0.3 is 0 Å². The molecular weight excluding hydrogens is 230 g/mol. The molecule has 1 heteroatoms. The van der Waals surface area contributed by atoms with E-state index in [1.807, 2.05) is 42.5 Å². The summed E-state index contributed by atoms with van der Waals surface area (Å²) >= 11 is 0. The summed E-state index contributed by atoms with van der Waals surface area (Å²) in [6.45, 7) is 0. The highest BCUT2D eigenvalue weighted by Crippen LogP contribution is 2.22. The smallest absolute Gasteiger partial charge is 0.0994 e. The molecule has 19 heavy (non-hydrogen) atoms. The molecule has 0 saturated carbocycles. The SMILES string of the molecule is N#Cc1cc2ccccc2cc1Cc1ccccc1. The van der Waals surface area contributed by atoms with Gasteiger partial charge in [0.1, 0.15) is 0 Å². The van der Waals surface area contributed by atoms with Crippen molar-refractivity contribution < 1.29 is 0 Å². The van der Waals surface area contributed by atoms with Crippen molar-refractivity contribution in [2.75, 3.05) is 0 Å². The van der Waals surface area contributed by atoms with Crippen LogP contribution < -0.4 is 0 Å². The van der Waals surface area contributed by atoms with Gasteiger partial charge in [-0.25, -0.2) is 0 Å². The second-order valence-electron chi connectivity index (χ2n) is 4.63. The molecule has 0 unspecified atom stereocenters. The first-order valence-corrected chi connectivity index (χ1v) is 6.32. The van der Waals surface area contributed by atoms with E-state index in [9.17, 15) is 5.26 Å². The third-order valence-corrected chi connectivity index (χ3v) is 3.33. The molecule has 0 aliphatic rings. The van der Waals surface area contributed by atoms with E-state index >= 15 is 0 Å². The minimum atomic E-state index is 0.766. The Balaban J connectivity index is 2.10. The average Bonchev–Trinajstić information content (AvgIpc) is 2.47. The van der Waals surface area contributed by atoms with Crippen molar-refractivity contribution in [3.05, 3.63) is 83.4 Å². The molecule has 1 nitrogen and oxygen atoms in total. The third-order valence-electron chi connectivity index (χ3n) is 3.33. The summed E-state index contributed by atoms with van der Waals surface area (Å²) in [4.78, 5) is 0. The van der Waals surface area contributed by atoms with Crippen molar-refractivity contribution in [2.24, 2.45) is 0 Å². The van der Waals surface area contributed by atoms with E-state index in [1.54, 1.807) is 0 Å². The molecule has 0 aromatic heterocycles. The summed E-state index contributed by atoms with van der Waals surface area (Å²) in [6, 6.07) is 24.8. The fraction of sp³-hybridized carbons (Fsp3) is 0.0556. The average molecular weight is 243 g/mol. The van der Waals surface area contributed by atoms with Crippen LogP contribution in [0.3, 0.4) is 0 Å². The highest BCUT2D eigenvalue weighted by Gasteiger charge is 2.05. The van der Waals surface area contributed by atoms with E-state index in [0.717, 1.165) is 22.9 Å². The summed E-state index contributed by atoms with van der Waals surface area (Å²) in [5.41, 5.74) is 3.09. The normalized spacial score (nSPS) is 10.3. The van der Waals surface area contributed by atoms with Crippen molar-refractivity contribution >= 4 is 10.8 Å². The van der Waals surface area contributed by atoms with Crippen LogP contribution in [0.5, 0.6) is 0 Å². The molecule has 0 fully saturated rings. The Kier molecular flexibility index (Phi) is 3.00. The monoisotopic (exact) mass is 243 g/mol. The highest BCUT2D eigenvalue weighted by atomic mass is 14.2. The van der Waals surface area contributed by atoms with Crippen molar-refractivity contribution in [3.63, 3.8) is 0 Å². The molecule has 0 bridgehead atoms. The Morgan fingerprint density at radius 3 is 2.11 bits per heavy atom. The molecule has 0 atom stereocenters. The minimum Gasteiger partial charge on any atom is -0.192 e. The van der Waals surface area contributed by atoms with Crippen LogP contribution in [0.25, 0.3) is 10.8 Å². The van der Waals surface area contributed by atoms with E-state index in [4.69, 9.17) is 0 Å². The minimum absolute atomic E-state index is 0.766. The molecule has 0 heterocycles. The fourth-order valence-electron chi connectivity index (χ4n) is 2.35. The Labute approximate surface area is 112 Å². The van der Waals surface area contributed by atoms with Crippen LogP contribution in [0.1, 0.15) is 16.7 Å². The van der Waals surface area contributed by atoms with Crippen LogP contribution in [-0.4, -0.2) is 0 Å². The van der Waals surface area contributed by atoms with Crippen LogP contribution in [0.2, 0.25) is 0 Å². The van der Waals surface area contributed by atoms with Gasteiger partial charge in [-0.15, -0.1) is 0 Å². The van der Waals surface area contributed by atoms with Crippen molar-refractivity contribution in [1.29, 1.82) is 5.26 Å². The van der Waals surface area contributed by atoms with Crippen molar-refractivity contribution in [3.8, 4) is 6.07 Å². The molecule has 0 N–H and O–H groups in total. The summed E-state index contributed by atoms with van der Waals surface area (Å²) in [7, 11) is 0. The predicted molar refractivity (Wildman–Crippen MR) is 77.9 cm³/mol. The first-order chi connectivity index (χ1) is 9.36. The van der Waals surface area contributed by atoms with Gasteiger partial charge in [-0.2, -0.15) is 5.26 Å². The lowest BCUT2D eigenvalue weighted by atomic mass is 9.96. The zero-order valence-corrected chi connectivity index (χ0v) is 10.5. The number of rotatable bonds is 2. The molecule has 3 rings (SSSR count). The Morgan fingerprint density at radius 1 is 0.789 bits per heavy atom. The lowest BCUT2D eigenvalue weighted by Gasteiger charge is -2.07. The van der Waals surface area contributed by atoms with Gasteiger partial charge in [0, 0.05) is 0 Å². The van der Waals surface area contributed by atoms with E-state index in [-0.39, 0.29) is 0 Å². The van der Waals surface area contributed by atoms with Gasteiger partial charge in [0.15, 0.2) is 0 Å². The maximum absolute atomic E-state index is 9.31. The zero-order valence-electron chi connectivity index (χ0n) is 10.5. The second-order valence-corrected chi connectivity index (χ2v) is 4.63. The molecule has 0 amide bonds. The first-order valence-electron chi connectivity index (χ1n) is 6.32. The van der Waals surface area contributed by atoms with E-state index in [1.165, 1.54) is 10.9 Å². The number of nitriles is 1. The number of hydrogen-bond donors (Lipinski definition) is 0. The predicted octanol–water partition coefficient (Wildman–Crippen LogP) is 4.30. The molecule has 0 saturated heterocycles. The maximum atomic E-state index is 9.31. The quantitative estimate of drug-likeness (QED) is 0.658. The standard InChI is InChI=1S/C18H13N/c19-13-18-12-16-9-5-4-8-15(16)11-17(18)10-14-6-2-1-3-7-14/h1-9,11-12H,10H2. The number of benzene rings is 3. The topological polar surface area (TPSA) is 23.8 Å². The summed E-state index contributed by atoms with van der Waals surface area (Å²) in [5.74, 6) is 0. The number of fused-ring (bicyclic) bond motifs is 1. The molecule has 0 aliphatic carbocycles. The van der Waals surface area contributed by atoms with Gasteiger partial charge < -0.3 is 0 Å². The van der Waals surface area contributed by atoms with Crippen LogP contribution >= 0.6 is 0 Å². The molecule has 3 aromatic rings. The lowest BCUT2D eigenvalue weighted by molar-refractivity contribution is 1.19. The molecule has 0 radical (unpaired) electrons. The van der Waals surface area contributed by atoms with E-state index < -0.39 is 0 Å². The van der Waals surface area contributed by atoms with Crippen LogP contribution in [0.15, 0.2) is 66.7 Å². The number of hydrogen-bond acceptors (Lipinski definition) is 1. The maximum Gasteiger partial charge on any atom is 0.0994 e. The van der Waals surface area contributed by atoms with E-state index in [2.05, 4.69) is 30.3 Å². The van der Waals surface area contributed by atoms with Gasteiger partial charge in [-0.1, -0.05) is 54.6 Å². The lowest BCUT2D eigenvalue weighted by Crippen LogP contribution is -1.93. The molecular formula is C18H13N. The molecule has 90 valence electrons. The highest BCUT2D eigenvalue weighted by molar-refractivity contribution is 5.85.